The van der Waals surface area contributed by atoms with Gasteiger partial charge in [0.1, 0.15) is 5.69 Å². The molecule has 0 unspecified atom stereocenters. The summed E-state index contributed by atoms with van der Waals surface area (Å²) < 4.78 is 4.80. The van der Waals surface area contributed by atoms with E-state index in [-0.39, 0.29) is 0 Å². The maximum absolute atomic E-state index is 5.44. The molecule has 2 aromatic heterocycles. The van der Waals surface area contributed by atoms with Crippen molar-refractivity contribution in [3.63, 3.8) is 0 Å². The van der Waals surface area contributed by atoms with Gasteiger partial charge in [-0.15, -0.1) is 11.3 Å². The molecule has 0 radical (unpaired) electrons. The van der Waals surface area contributed by atoms with Crippen LogP contribution in [0.1, 0.15) is 24.8 Å². The van der Waals surface area contributed by atoms with Crippen LogP contribution in [-0.4, -0.2) is 10.1 Å². The lowest BCUT2D eigenvalue weighted by Gasteiger charge is -1.94. The zero-order valence-corrected chi connectivity index (χ0v) is 8.84. The molecule has 0 saturated heterocycles. The first-order valence-corrected chi connectivity index (χ1v) is 5.16. The van der Waals surface area contributed by atoms with E-state index in [0.717, 1.165) is 15.6 Å². The molecule has 2 N–H and O–H groups in total. The number of anilines is 1. The Bertz CT molecular complexity index is 433. The summed E-state index contributed by atoms with van der Waals surface area (Å²) in [6, 6.07) is 1.71. The number of hydrogen-bond donors (Lipinski definition) is 1. The van der Waals surface area contributed by atoms with Gasteiger partial charge in [0.15, 0.2) is 0 Å². The predicted molar refractivity (Wildman–Crippen MR) is 56.1 cm³/mol. The van der Waals surface area contributed by atoms with Gasteiger partial charge in [0.2, 0.25) is 5.88 Å². The van der Waals surface area contributed by atoms with E-state index in [1.54, 1.807) is 23.6 Å². The number of thiazole rings is 1. The van der Waals surface area contributed by atoms with Crippen molar-refractivity contribution in [2.24, 2.45) is 0 Å². The molecule has 5 heteroatoms. The third-order valence-electron chi connectivity index (χ3n) is 1.80. The highest BCUT2D eigenvalue weighted by Gasteiger charge is 2.10. The molecule has 2 aromatic rings. The molecule has 4 nitrogen and oxygen atoms in total. The standard InChI is InChI=1S/C9H11N3OS/c1-5(2)9-11-4-7(14-9)6-3-8(10)13-12-6/h3-5H,10H2,1-2H3. The van der Waals surface area contributed by atoms with Crippen molar-refractivity contribution < 1.29 is 4.52 Å². The summed E-state index contributed by atoms with van der Waals surface area (Å²) in [5.74, 6) is 0.775. The molecule has 0 aliphatic rings. The fourth-order valence-corrected chi connectivity index (χ4v) is 1.95. The van der Waals surface area contributed by atoms with Gasteiger partial charge >= 0.3 is 0 Å². The number of aromatic nitrogens is 2. The lowest BCUT2D eigenvalue weighted by molar-refractivity contribution is 0.439. The van der Waals surface area contributed by atoms with Crippen LogP contribution in [0.15, 0.2) is 16.8 Å². The topological polar surface area (TPSA) is 64.9 Å². The predicted octanol–water partition coefficient (Wildman–Crippen LogP) is 2.50. The van der Waals surface area contributed by atoms with Crippen molar-refractivity contribution >= 4 is 17.2 Å². The minimum atomic E-state index is 0.333. The summed E-state index contributed by atoms with van der Waals surface area (Å²) in [7, 11) is 0. The van der Waals surface area contributed by atoms with Crippen LogP contribution in [0.5, 0.6) is 0 Å². The number of rotatable bonds is 2. The van der Waals surface area contributed by atoms with E-state index in [2.05, 4.69) is 24.0 Å². The molecule has 0 aliphatic carbocycles. The summed E-state index contributed by atoms with van der Waals surface area (Å²) in [5.41, 5.74) is 6.19. The van der Waals surface area contributed by atoms with Crippen LogP contribution in [-0.2, 0) is 0 Å². The van der Waals surface area contributed by atoms with Gasteiger partial charge in [-0.05, 0) is 0 Å². The highest BCUT2D eigenvalue weighted by molar-refractivity contribution is 7.15. The third kappa shape index (κ3) is 1.63. The molecule has 0 atom stereocenters. The summed E-state index contributed by atoms with van der Waals surface area (Å²) in [6.45, 7) is 4.22. The highest BCUT2D eigenvalue weighted by Crippen LogP contribution is 2.29. The molecular weight excluding hydrogens is 198 g/mol. The van der Waals surface area contributed by atoms with Crippen molar-refractivity contribution in [3.8, 4) is 10.6 Å². The average Bonchev–Trinajstić information content (AvgIpc) is 2.70. The Hall–Kier alpha value is -1.36. The maximum atomic E-state index is 5.44. The second-order valence-electron chi connectivity index (χ2n) is 3.33. The Morgan fingerprint density at radius 3 is 2.79 bits per heavy atom. The molecule has 0 saturated carbocycles. The fourth-order valence-electron chi connectivity index (χ4n) is 1.08. The largest absolute Gasteiger partial charge is 0.368 e. The van der Waals surface area contributed by atoms with Gasteiger partial charge in [-0.2, -0.15) is 0 Å². The van der Waals surface area contributed by atoms with E-state index in [1.807, 2.05) is 0 Å². The van der Waals surface area contributed by atoms with Gasteiger partial charge in [0.05, 0.1) is 9.88 Å². The summed E-state index contributed by atoms with van der Waals surface area (Å²) >= 11 is 1.62. The molecule has 0 fully saturated rings. The van der Waals surface area contributed by atoms with Crippen LogP contribution in [0.3, 0.4) is 0 Å². The number of hydrogen-bond acceptors (Lipinski definition) is 5. The van der Waals surface area contributed by atoms with E-state index in [1.165, 1.54) is 0 Å². The van der Waals surface area contributed by atoms with Crippen LogP contribution in [0, 0.1) is 0 Å². The van der Waals surface area contributed by atoms with Gasteiger partial charge in [-0.25, -0.2) is 4.98 Å². The Labute approximate surface area is 85.7 Å². The molecule has 0 aromatic carbocycles. The second-order valence-corrected chi connectivity index (χ2v) is 4.39. The van der Waals surface area contributed by atoms with E-state index in [9.17, 15) is 0 Å². The summed E-state index contributed by atoms with van der Waals surface area (Å²) in [5, 5.41) is 4.93. The highest BCUT2D eigenvalue weighted by atomic mass is 32.1. The van der Waals surface area contributed by atoms with Crippen LogP contribution in [0.25, 0.3) is 10.6 Å². The molecular formula is C9H11N3OS. The Morgan fingerprint density at radius 2 is 2.29 bits per heavy atom. The van der Waals surface area contributed by atoms with Crippen LogP contribution in [0.4, 0.5) is 5.88 Å². The summed E-state index contributed by atoms with van der Waals surface area (Å²) in [6.07, 6.45) is 1.80. The van der Waals surface area contributed by atoms with E-state index in [4.69, 9.17) is 10.3 Å². The normalized spacial score (nSPS) is 11.1. The maximum Gasteiger partial charge on any atom is 0.222 e. The Morgan fingerprint density at radius 1 is 1.50 bits per heavy atom. The minimum Gasteiger partial charge on any atom is -0.368 e. The van der Waals surface area contributed by atoms with Crippen LogP contribution in [0.2, 0.25) is 0 Å². The number of nitrogens with two attached hydrogens (primary N) is 1. The van der Waals surface area contributed by atoms with Gasteiger partial charge in [0.25, 0.3) is 0 Å². The number of nitrogens with zero attached hydrogens (tertiary/aromatic N) is 2. The number of nitrogen functional groups attached to an aromatic ring is 1. The van der Waals surface area contributed by atoms with Gasteiger partial charge in [0, 0.05) is 18.2 Å². The van der Waals surface area contributed by atoms with Crippen molar-refractivity contribution in [2.75, 3.05) is 5.73 Å². The van der Waals surface area contributed by atoms with E-state index in [0.29, 0.717) is 11.8 Å². The molecule has 14 heavy (non-hydrogen) atoms. The molecule has 0 spiro atoms. The Balaban J connectivity index is 2.33. The minimum absolute atomic E-state index is 0.333. The van der Waals surface area contributed by atoms with Crippen LogP contribution < -0.4 is 5.73 Å². The average molecular weight is 209 g/mol. The lowest BCUT2D eigenvalue weighted by Crippen LogP contribution is -1.81. The zero-order valence-electron chi connectivity index (χ0n) is 8.02. The first-order chi connectivity index (χ1) is 6.66. The molecule has 74 valence electrons. The SMILES string of the molecule is CC(C)c1ncc(-c2cc(N)on2)s1. The van der Waals surface area contributed by atoms with Gasteiger partial charge in [-0.1, -0.05) is 19.0 Å². The molecule has 2 heterocycles. The van der Waals surface area contributed by atoms with Crippen molar-refractivity contribution in [3.05, 3.63) is 17.3 Å². The van der Waals surface area contributed by atoms with E-state index >= 15 is 0 Å². The second kappa shape index (κ2) is 3.42. The van der Waals surface area contributed by atoms with Crippen LogP contribution >= 0.6 is 11.3 Å². The first-order valence-electron chi connectivity index (χ1n) is 4.35. The quantitative estimate of drug-likeness (QED) is 0.825. The van der Waals surface area contributed by atoms with Gasteiger partial charge in [-0.3, -0.25) is 0 Å². The van der Waals surface area contributed by atoms with Gasteiger partial charge < -0.3 is 10.3 Å². The summed E-state index contributed by atoms with van der Waals surface area (Å²) in [4.78, 5) is 5.29. The lowest BCUT2D eigenvalue weighted by atomic mass is 10.2. The van der Waals surface area contributed by atoms with Crippen molar-refractivity contribution in [2.45, 2.75) is 19.8 Å². The molecule has 0 aliphatic heterocycles. The first kappa shape index (κ1) is 9.21. The smallest absolute Gasteiger partial charge is 0.222 e. The third-order valence-corrected chi connectivity index (χ3v) is 3.12. The van der Waals surface area contributed by atoms with E-state index < -0.39 is 0 Å². The zero-order chi connectivity index (χ0) is 10.1. The van der Waals surface area contributed by atoms with Crippen molar-refractivity contribution in [1.82, 2.24) is 10.1 Å². The Kier molecular flexibility index (Phi) is 2.25. The monoisotopic (exact) mass is 209 g/mol. The molecule has 2 rings (SSSR count). The van der Waals surface area contributed by atoms with Crippen molar-refractivity contribution in [1.29, 1.82) is 0 Å². The molecule has 0 amide bonds. The fraction of sp³-hybridized carbons (Fsp3) is 0.333. The molecule has 0 bridgehead atoms.